The smallest absolute Gasteiger partial charge is 0.283 e. The molecule has 1 N–H and O–H groups in total. The number of methoxy groups -OCH3 is 2. The number of aliphatic imine (C=N–C) groups is 1. The molecule has 1 atom stereocenters. The second-order valence-electron chi connectivity index (χ2n) is 8.21. The van der Waals surface area contributed by atoms with Crippen LogP contribution < -0.4 is 18.9 Å². The van der Waals surface area contributed by atoms with Crippen molar-refractivity contribution in [2.24, 2.45) is 4.99 Å². The standard InChI is InChI=1S/C27H29N3O5S/c1-5-17(2)19-6-8-20(9-7-19)34-11-12-35-24-22(32-3)15-18(16-23(24)33-4)14-21-25(28)30-10-13-36-27(30)29-26(21)31/h6-10,13-17,28H,5,11-12H2,1-4H3/b21-14-,28-25?/t17-/m1/s1. The molecule has 1 amide bonds. The number of amidine groups is 2. The number of fused-ring (bicyclic) bond motifs is 1. The number of rotatable bonds is 10. The largest absolute Gasteiger partial charge is 0.493 e. The molecular weight excluding hydrogens is 478 g/mol. The summed E-state index contributed by atoms with van der Waals surface area (Å²) >= 11 is 1.31. The van der Waals surface area contributed by atoms with Crippen molar-refractivity contribution in [3.63, 3.8) is 0 Å². The normalized spacial score (nSPS) is 16.6. The van der Waals surface area contributed by atoms with E-state index in [2.05, 4.69) is 31.0 Å². The van der Waals surface area contributed by atoms with Gasteiger partial charge in [-0.3, -0.25) is 15.1 Å². The third kappa shape index (κ3) is 5.41. The van der Waals surface area contributed by atoms with Gasteiger partial charge >= 0.3 is 0 Å². The van der Waals surface area contributed by atoms with Gasteiger partial charge < -0.3 is 18.9 Å². The summed E-state index contributed by atoms with van der Waals surface area (Å²) in [5, 5.41) is 10.7. The molecule has 0 spiro atoms. The van der Waals surface area contributed by atoms with Crippen molar-refractivity contribution < 1.29 is 23.7 Å². The van der Waals surface area contributed by atoms with E-state index < -0.39 is 5.91 Å². The van der Waals surface area contributed by atoms with E-state index in [-0.39, 0.29) is 18.0 Å². The van der Waals surface area contributed by atoms with E-state index >= 15 is 0 Å². The molecule has 0 radical (unpaired) electrons. The maximum absolute atomic E-state index is 12.5. The molecule has 0 bridgehead atoms. The van der Waals surface area contributed by atoms with Crippen LogP contribution in [-0.4, -0.2) is 49.2 Å². The fourth-order valence-electron chi connectivity index (χ4n) is 3.76. The molecule has 0 saturated carbocycles. The third-order valence-electron chi connectivity index (χ3n) is 5.97. The Morgan fingerprint density at radius 1 is 1.08 bits per heavy atom. The van der Waals surface area contributed by atoms with E-state index in [1.807, 2.05) is 12.1 Å². The van der Waals surface area contributed by atoms with E-state index in [1.165, 1.54) is 31.5 Å². The molecule has 0 aliphatic carbocycles. The SMILES string of the molecule is CC[C@@H](C)c1ccc(OCCOc2c(OC)cc(/C=C3/C(=N)N4C=CSC4=NC3=O)cc2OC)cc1. The van der Waals surface area contributed by atoms with Gasteiger partial charge in [-0.15, -0.1) is 0 Å². The lowest BCUT2D eigenvalue weighted by atomic mass is 9.99. The average Bonchev–Trinajstić information content (AvgIpc) is 3.37. The molecule has 0 saturated heterocycles. The minimum atomic E-state index is -0.463. The Kier molecular flexibility index (Phi) is 8.00. The summed E-state index contributed by atoms with van der Waals surface area (Å²) < 4.78 is 22.8. The van der Waals surface area contributed by atoms with Gasteiger partial charge in [0, 0.05) is 6.20 Å². The minimum absolute atomic E-state index is 0.0684. The van der Waals surface area contributed by atoms with E-state index in [9.17, 15) is 4.79 Å². The van der Waals surface area contributed by atoms with Crippen LogP contribution in [0.4, 0.5) is 0 Å². The summed E-state index contributed by atoms with van der Waals surface area (Å²) in [5.41, 5.74) is 2.09. The molecular formula is C27H29N3O5S. The number of benzene rings is 2. The summed E-state index contributed by atoms with van der Waals surface area (Å²) in [5.74, 6) is 2.22. The lowest BCUT2D eigenvalue weighted by molar-refractivity contribution is -0.114. The van der Waals surface area contributed by atoms with Crippen LogP contribution in [0.15, 0.2) is 58.6 Å². The second kappa shape index (κ2) is 11.3. The Balaban J connectivity index is 1.45. The van der Waals surface area contributed by atoms with Gasteiger partial charge in [0.05, 0.1) is 19.8 Å². The molecule has 188 valence electrons. The monoisotopic (exact) mass is 507 g/mol. The van der Waals surface area contributed by atoms with Crippen LogP contribution in [0.2, 0.25) is 0 Å². The predicted octanol–water partition coefficient (Wildman–Crippen LogP) is 5.45. The number of amides is 1. The molecule has 2 aliphatic heterocycles. The lowest BCUT2D eigenvalue weighted by Gasteiger charge is -2.22. The summed E-state index contributed by atoms with van der Waals surface area (Å²) in [4.78, 5) is 18.2. The molecule has 8 nitrogen and oxygen atoms in total. The van der Waals surface area contributed by atoms with Crippen LogP contribution in [0.5, 0.6) is 23.0 Å². The molecule has 2 aromatic rings. The van der Waals surface area contributed by atoms with Crippen molar-refractivity contribution in [2.45, 2.75) is 26.2 Å². The Bertz CT molecular complexity index is 1210. The van der Waals surface area contributed by atoms with Gasteiger partial charge in [0.1, 0.15) is 24.8 Å². The van der Waals surface area contributed by atoms with Crippen LogP contribution in [0.25, 0.3) is 6.08 Å². The Hall–Kier alpha value is -3.72. The zero-order chi connectivity index (χ0) is 25.7. The summed E-state index contributed by atoms with van der Waals surface area (Å²) in [6.45, 7) is 5.00. The Morgan fingerprint density at radius 3 is 2.39 bits per heavy atom. The summed E-state index contributed by atoms with van der Waals surface area (Å²) in [6, 6.07) is 11.6. The highest BCUT2D eigenvalue weighted by Crippen LogP contribution is 2.39. The molecule has 0 aromatic heterocycles. The van der Waals surface area contributed by atoms with Crippen molar-refractivity contribution >= 4 is 34.7 Å². The molecule has 2 aromatic carbocycles. The van der Waals surface area contributed by atoms with Gasteiger partial charge in [-0.25, -0.2) is 0 Å². The second-order valence-corrected chi connectivity index (χ2v) is 9.08. The van der Waals surface area contributed by atoms with E-state index in [1.54, 1.807) is 34.7 Å². The third-order valence-corrected chi connectivity index (χ3v) is 6.72. The lowest BCUT2D eigenvalue weighted by Crippen LogP contribution is -2.35. The van der Waals surface area contributed by atoms with Gasteiger partial charge in [-0.2, -0.15) is 4.99 Å². The number of nitrogens with one attached hydrogen (secondary N) is 1. The number of hydrogen-bond acceptors (Lipinski definition) is 7. The molecule has 0 fully saturated rings. The van der Waals surface area contributed by atoms with Crippen molar-refractivity contribution in [3.05, 3.63) is 64.7 Å². The number of carbonyl (C=O) groups is 1. The maximum Gasteiger partial charge on any atom is 0.283 e. The predicted molar refractivity (Wildman–Crippen MR) is 142 cm³/mol. The van der Waals surface area contributed by atoms with Crippen LogP contribution in [0, 0.1) is 5.41 Å². The molecule has 36 heavy (non-hydrogen) atoms. The van der Waals surface area contributed by atoms with Crippen LogP contribution in [-0.2, 0) is 4.79 Å². The number of nitrogens with zero attached hydrogens (tertiary/aromatic N) is 2. The number of hydrogen-bond donors (Lipinski definition) is 1. The number of ether oxygens (including phenoxy) is 4. The van der Waals surface area contributed by atoms with Crippen molar-refractivity contribution in [1.82, 2.24) is 4.90 Å². The fourth-order valence-corrected chi connectivity index (χ4v) is 4.46. The van der Waals surface area contributed by atoms with Gasteiger partial charge in [0.15, 0.2) is 16.7 Å². The van der Waals surface area contributed by atoms with Gasteiger partial charge in [0.2, 0.25) is 5.75 Å². The highest BCUT2D eigenvalue weighted by Gasteiger charge is 2.31. The quantitative estimate of drug-likeness (QED) is 0.337. The highest BCUT2D eigenvalue weighted by atomic mass is 32.2. The van der Waals surface area contributed by atoms with Crippen LogP contribution in [0.3, 0.4) is 0 Å². The first-order valence-electron chi connectivity index (χ1n) is 11.6. The highest BCUT2D eigenvalue weighted by molar-refractivity contribution is 8.16. The average molecular weight is 508 g/mol. The first-order valence-corrected chi connectivity index (χ1v) is 12.5. The number of thioether (sulfide) groups is 1. The molecule has 2 aliphatic rings. The summed E-state index contributed by atoms with van der Waals surface area (Å²) in [7, 11) is 3.06. The topological polar surface area (TPSA) is 93.4 Å². The molecule has 0 unspecified atom stereocenters. The fraction of sp³-hybridized carbons (Fsp3) is 0.296. The van der Waals surface area contributed by atoms with Crippen molar-refractivity contribution in [1.29, 1.82) is 5.41 Å². The molecule has 4 rings (SSSR count). The molecule has 9 heteroatoms. The van der Waals surface area contributed by atoms with Crippen molar-refractivity contribution in [3.8, 4) is 23.0 Å². The number of carbonyl (C=O) groups excluding carboxylic acids is 1. The Labute approximate surface area is 215 Å². The van der Waals surface area contributed by atoms with Gasteiger partial charge in [0.25, 0.3) is 5.91 Å². The first kappa shape index (κ1) is 25.4. The van der Waals surface area contributed by atoms with E-state index in [4.69, 9.17) is 24.4 Å². The summed E-state index contributed by atoms with van der Waals surface area (Å²) in [6.07, 6.45) is 4.41. The minimum Gasteiger partial charge on any atom is -0.493 e. The van der Waals surface area contributed by atoms with Crippen molar-refractivity contribution in [2.75, 3.05) is 27.4 Å². The Morgan fingerprint density at radius 2 is 1.75 bits per heavy atom. The van der Waals surface area contributed by atoms with Crippen LogP contribution >= 0.6 is 11.8 Å². The zero-order valence-electron chi connectivity index (χ0n) is 20.7. The van der Waals surface area contributed by atoms with E-state index in [0.717, 1.165) is 12.2 Å². The van der Waals surface area contributed by atoms with Gasteiger partial charge in [-0.1, -0.05) is 37.7 Å². The van der Waals surface area contributed by atoms with Gasteiger partial charge in [-0.05, 0) is 59.2 Å². The van der Waals surface area contributed by atoms with E-state index in [0.29, 0.717) is 40.5 Å². The maximum atomic E-state index is 12.5. The zero-order valence-corrected chi connectivity index (χ0v) is 21.6. The first-order chi connectivity index (χ1) is 17.4. The molecule has 2 heterocycles. The van der Waals surface area contributed by atoms with Crippen LogP contribution in [0.1, 0.15) is 37.3 Å².